The summed E-state index contributed by atoms with van der Waals surface area (Å²) in [5.41, 5.74) is 0.317. The van der Waals surface area contributed by atoms with Gasteiger partial charge in [0, 0.05) is 12.1 Å². The van der Waals surface area contributed by atoms with E-state index in [2.05, 4.69) is 10.2 Å². The second-order valence-electron chi connectivity index (χ2n) is 5.80. The predicted molar refractivity (Wildman–Crippen MR) is 87.6 cm³/mol. The van der Waals surface area contributed by atoms with E-state index in [9.17, 15) is 9.18 Å². The van der Waals surface area contributed by atoms with Crippen molar-refractivity contribution >= 4 is 11.6 Å². The average molecular weight is 324 g/mol. The Labute approximate surface area is 136 Å². The Morgan fingerprint density at radius 3 is 2.30 bits per heavy atom. The lowest BCUT2D eigenvalue weighted by Crippen LogP contribution is -2.42. The molecule has 1 aromatic carbocycles. The van der Waals surface area contributed by atoms with Gasteiger partial charge in [-0.3, -0.25) is 9.69 Å². The summed E-state index contributed by atoms with van der Waals surface area (Å²) < 4.78 is 24.0. The second-order valence-corrected chi connectivity index (χ2v) is 5.80. The monoisotopic (exact) mass is 324 g/mol. The lowest BCUT2D eigenvalue weighted by Gasteiger charge is -2.26. The van der Waals surface area contributed by atoms with Gasteiger partial charge in [0.15, 0.2) is 11.6 Å². The van der Waals surface area contributed by atoms with Crippen molar-refractivity contribution in [2.45, 2.75) is 38.6 Å². The quantitative estimate of drug-likeness (QED) is 0.904. The highest BCUT2D eigenvalue weighted by atomic mass is 19.1. The summed E-state index contributed by atoms with van der Waals surface area (Å²) in [5, 5.41) is 2.77. The number of halogens is 1. The van der Waals surface area contributed by atoms with Crippen molar-refractivity contribution in [1.29, 1.82) is 0 Å². The predicted octanol–water partition coefficient (Wildman–Crippen LogP) is 3.05. The Hall–Kier alpha value is -1.82. The molecule has 1 atom stereocenters. The molecular formula is C17H25FN2O3. The largest absolute Gasteiger partial charge is 0.494 e. The first-order chi connectivity index (χ1) is 11.1. The number of rotatable bonds is 5. The second kappa shape index (κ2) is 8.15. The summed E-state index contributed by atoms with van der Waals surface area (Å²) in [5.74, 6) is -0.235. The first kappa shape index (κ1) is 17.5. The summed E-state index contributed by atoms with van der Waals surface area (Å²) in [4.78, 5) is 14.7. The third-order valence-corrected chi connectivity index (χ3v) is 4.30. The number of ether oxygens (including phenoxy) is 2. The zero-order valence-electron chi connectivity index (χ0n) is 14.0. The molecule has 0 aromatic heterocycles. The molecule has 0 aliphatic carbocycles. The number of likely N-dealkylation sites (tertiary alicyclic amines) is 1. The van der Waals surface area contributed by atoms with E-state index in [1.54, 1.807) is 0 Å². The fourth-order valence-corrected chi connectivity index (χ4v) is 2.84. The van der Waals surface area contributed by atoms with E-state index in [0.717, 1.165) is 25.9 Å². The topological polar surface area (TPSA) is 50.8 Å². The third kappa shape index (κ3) is 4.34. The molecule has 23 heavy (non-hydrogen) atoms. The molecule has 1 heterocycles. The van der Waals surface area contributed by atoms with Crippen LogP contribution in [0.25, 0.3) is 0 Å². The zero-order chi connectivity index (χ0) is 16.8. The number of carbonyl (C=O) groups excluding carboxylic acids is 1. The number of methoxy groups -OCH3 is 2. The number of carbonyl (C=O) groups is 1. The number of nitrogens with one attached hydrogen (secondary N) is 1. The summed E-state index contributed by atoms with van der Waals surface area (Å²) >= 11 is 0. The van der Waals surface area contributed by atoms with Crippen molar-refractivity contribution in [1.82, 2.24) is 4.90 Å². The molecule has 1 saturated heterocycles. The normalized spacial score (nSPS) is 17.2. The molecule has 0 saturated carbocycles. The van der Waals surface area contributed by atoms with E-state index in [1.807, 2.05) is 6.92 Å². The molecule has 1 aromatic rings. The SMILES string of the molecule is COc1cc(OC)c(NC(=O)[C@@H](C)N2CCCCCC2)cc1F. The number of amides is 1. The molecule has 2 rings (SSSR count). The Morgan fingerprint density at radius 1 is 1.13 bits per heavy atom. The Kier molecular flexibility index (Phi) is 6.21. The van der Waals surface area contributed by atoms with Crippen LogP contribution in [0.3, 0.4) is 0 Å². The van der Waals surface area contributed by atoms with Crippen LogP contribution in [0.1, 0.15) is 32.6 Å². The molecular weight excluding hydrogens is 299 g/mol. The molecule has 128 valence electrons. The Balaban J connectivity index is 2.11. The van der Waals surface area contributed by atoms with Gasteiger partial charge in [-0.25, -0.2) is 4.39 Å². The van der Waals surface area contributed by atoms with Crippen molar-refractivity contribution in [3.05, 3.63) is 17.9 Å². The molecule has 1 fully saturated rings. The van der Waals surface area contributed by atoms with Gasteiger partial charge in [0.2, 0.25) is 5.91 Å². The number of hydrogen-bond acceptors (Lipinski definition) is 4. The summed E-state index contributed by atoms with van der Waals surface area (Å²) in [6.07, 6.45) is 4.64. The van der Waals surface area contributed by atoms with Crippen LogP contribution in [-0.4, -0.2) is 44.2 Å². The lowest BCUT2D eigenvalue weighted by molar-refractivity contribution is -0.120. The van der Waals surface area contributed by atoms with Crippen molar-refractivity contribution in [3.8, 4) is 11.5 Å². The minimum atomic E-state index is -0.536. The first-order valence-electron chi connectivity index (χ1n) is 8.03. The molecule has 6 heteroatoms. The summed E-state index contributed by atoms with van der Waals surface area (Å²) in [6, 6.07) is 2.40. The smallest absolute Gasteiger partial charge is 0.241 e. The van der Waals surface area contributed by atoms with Gasteiger partial charge in [0.05, 0.1) is 25.9 Å². The van der Waals surface area contributed by atoms with Crippen LogP contribution in [0.5, 0.6) is 11.5 Å². The Morgan fingerprint density at radius 2 is 1.74 bits per heavy atom. The molecule has 5 nitrogen and oxygen atoms in total. The summed E-state index contributed by atoms with van der Waals surface area (Å²) in [7, 11) is 2.86. The van der Waals surface area contributed by atoms with Gasteiger partial charge in [-0.2, -0.15) is 0 Å². The standard InChI is InChI=1S/C17H25FN2O3/c1-12(20-8-6-4-5-7-9-20)17(21)19-14-10-13(18)15(22-2)11-16(14)23-3/h10-12H,4-9H2,1-3H3,(H,19,21)/t12-/m1/s1. The molecule has 1 aliphatic rings. The molecule has 1 aliphatic heterocycles. The zero-order valence-corrected chi connectivity index (χ0v) is 14.0. The van der Waals surface area contributed by atoms with E-state index in [4.69, 9.17) is 9.47 Å². The number of hydrogen-bond donors (Lipinski definition) is 1. The van der Waals surface area contributed by atoms with Crippen LogP contribution in [0.15, 0.2) is 12.1 Å². The molecule has 0 spiro atoms. The van der Waals surface area contributed by atoms with Gasteiger partial charge in [0.25, 0.3) is 0 Å². The highest BCUT2D eigenvalue weighted by Crippen LogP contribution is 2.32. The highest BCUT2D eigenvalue weighted by molar-refractivity contribution is 5.96. The fraction of sp³-hybridized carbons (Fsp3) is 0.588. The maximum atomic E-state index is 13.9. The van der Waals surface area contributed by atoms with Crippen molar-refractivity contribution in [3.63, 3.8) is 0 Å². The van der Waals surface area contributed by atoms with Gasteiger partial charge in [-0.1, -0.05) is 12.8 Å². The van der Waals surface area contributed by atoms with Crippen molar-refractivity contribution < 1.29 is 18.7 Å². The van der Waals surface area contributed by atoms with Crippen LogP contribution < -0.4 is 14.8 Å². The van der Waals surface area contributed by atoms with E-state index in [-0.39, 0.29) is 17.7 Å². The minimum absolute atomic E-state index is 0.0837. The van der Waals surface area contributed by atoms with Gasteiger partial charge in [0.1, 0.15) is 5.75 Å². The average Bonchev–Trinajstić information content (AvgIpc) is 2.83. The fourth-order valence-electron chi connectivity index (χ4n) is 2.84. The van der Waals surface area contributed by atoms with Gasteiger partial charge in [-0.15, -0.1) is 0 Å². The minimum Gasteiger partial charge on any atom is -0.494 e. The van der Waals surface area contributed by atoms with E-state index >= 15 is 0 Å². The van der Waals surface area contributed by atoms with E-state index < -0.39 is 5.82 Å². The summed E-state index contributed by atoms with van der Waals surface area (Å²) in [6.45, 7) is 3.72. The van der Waals surface area contributed by atoms with E-state index in [0.29, 0.717) is 11.4 Å². The maximum absolute atomic E-state index is 13.9. The first-order valence-corrected chi connectivity index (χ1v) is 8.03. The molecule has 1 amide bonds. The van der Waals surface area contributed by atoms with Crippen LogP contribution in [-0.2, 0) is 4.79 Å². The number of anilines is 1. The molecule has 0 unspecified atom stereocenters. The van der Waals surface area contributed by atoms with Crippen LogP contribution in [0.4, 0.5) is 10.1 Å². The van der Waals surface area contributed by atoms with Gasteiger partial charge >= 0.3 is 0 Å². The van der Waals surface area contributed by atoms with Crippen LogP contribution in [0.2, 0.25) is 0 Å². The third-order valence-electron chi connectivity index (χ3n) is 4.30. The van der Waals surface area contributed by atoms with Gasteiger partial charge in [-0.05, 0) is 32.9 Å². The number of benzene rings is 1. The lowest BCUT2D eigenvalue weighted by atomic mass is 10.2. The molecule has 0 bridgehead atoms. The van der Waals surface area contributed by atoms with Crippen molar-refractivity contribution in [2.24, 2.45) is 0 Å². The number of nitrogens with zero attached hydrogens (tertiary/aromatic N) is 1. The Bertz CT molecular complexity index is 543. The van der Waals surface area contributed by atoms with Crippen LogP contribution >= 0.6 is 0 Å². The molecule has 0 radical (unpaired) electrons. The van der Waals surface area contributed by atoms with Crippen molar-refractivity contribution in [2.75, 3.05) is 32.6 Å². The highest BCUT2D eigenvalue weighted by Gasteiger charge is 2.23. The molecule has 1 N–H and O–H groups in total. The van der Waals surface area contributed by atoms with Crippen LogP contribution in [0, 0.1) is 5.82 Å². The van der Waals surface area contributed by atoms with Gasteiger partial charge < -0.3 is 14.8 Å². The maximum Gasteiger partial charge on any atom is 0.241 e. The van der Waals surface area contributed by atoms with E-state index in [1.165, 1.54) is 39.2 Å².